The van der Waals surface area contributed by atoms with Gasteiger partial charge in [-0.2, -0.15) is 5.10 Å². The van der Waals surface area contributed by atoms with Crippen molar-refractivity contribution >= 4 is 5.69 Å². The highest BCUT2D eigenvalue weighted by Crippen LogP contribution is 2.06. The van der Waals surface area contributed by atoms with Gasteiger partial charge in [0.25, 0.3) is 5.56 Å². The first-order chi connectivity index (χ1) is 10.1. The van der Waals surface area contributed by atoms with Crippen LogP contribution in [0.2, 0.25) is 0 Å². The fraction of sp³-hybridized carbons (Fsp3) is 0.714. The van der Waals surface area contributed by atoms with Gasteiger partial charge in [0.2, 0.25) is 0 Å². The zero-order valence-corrected chi connectivity index (χ0v) is 13.0. The summed E-state index contributed by atoms with van der Waals surface area (Å²) in [7, 11) is 4.05. The molecule has 2 N–H and O–H groups in total. The molecule has 2 heterocycles. The van der Waals surface area contributed by atoms with Gasteiger partial charge in [-0.15, -0.1) is 0 Å². The Balaban J connectivity index is 1.90. The number of likely N-dealkylation sites (N-methyl/N-ethyl adjacent to an activating group) is 2. The number of hydrogen-bond acceptors (Lipinski definition) is 6. The Labute approximate surface area is 125 Å². The van der Waals surface area contributed by atoms with Gasteiger partial charge in [-0.1, -0.05) is 0 Å². The maximum atomic E-state index is 12.1. The molecule has 1 aromatic heterocycles. The molecule has 1 aliphatic heterocycles. The molecule has 1 aromatic rings. The minimum atomic E-state index is -0.0505. The second kappa shape index (κ2) is 7.53. The number of rotatable bonds is 6. The van der Waals surface area contributed by atoms with Gasteiger partial charge in [0.15, 0.2) is 0 Å². The zero-order chi connectivity index (χ0) is 15.2. The maximum Gasteiger partial charge on any atom is 0.268 e. The third-order valence-corrected chi connectivity index (χ3v) is 3.98. The van der Waals surface area contributed by atoms with E-state index in [1.54, 1.807) is 12.3 Å². The Morgan fingerprint density at radius 2 is 2.00 bits per heavy atom. The highest BCUT2D eigenvalue weighted by Gasteiger charge is 2.13. The fourth-order valence-corrected chi connectivity index (χ4v) is 2.43. The fourth-order valence-electron chi connectivity index (χ4n) is 2.43. The van der Waals surface area contributed by atoms with Crippen LogP contribution in [0, 0.1) is 0 Å². The maximum absolute atomic E-state index is 12.1. The Morgan fingerprint density at radius 3 is 2.62 bits per heavy atom. The van der Waals surface area contributed by atoms with Gasteiger partial charge in [-0.05, 0) is 7.05 Å². The Hall–Kier alpha value is -1.44. The first-order valence-electron chi connectivity index (χ1n) is 7.49. The van der Waals surface area contributed by atoms with Crippen LogP contribution in [0.4, 0.5) is 5.69 Å². The first-order valence-corrected chi connectivity index (χ1v) is 7.49. The van der Waals surface area contributed by atoms with Crippen molar-refractivity contribution in [2.45, 2.75) is 6.54 Å². The molecule has 2 rings (SSSR count). The van der Waals surface area contributed by atoms with Crippen molar-refractivity contribution in [3.63, 3.8) is 0 Å². The van der Waals surface area contributed by atoms with Gasteiger partial charge >= 0.3 is 0 Å². The quantitative estimate of drug-likeness (QED) is 0.717. The van der Waals surface area contributed by atoms with E-state index >= 15 is 0 Å². The van der Waals surface area contributed by atoms with Crippen LogP contribution in [0.5, 0.6) is 0 Å². The van der Waals surface area contributed by atoms with Crippen LogP contribution in [0.3, 0.4) is 0 Å². The van der Waals surface area contributed by atoms with Gasteiger partial charge in [-0.3, -0.25) is 9.69 Å². The predicted octanol–water partition coefficient (Wildman–Crippen LogP) is -1.11. The molecule has 0 unspecified atom stereocenters. The van der Waals surface area contributed by atoms with Crippen LogP contribution in [-0.4, -0.2) is 79.5 Å². The smallest absolute Gasteiger partial charge is 0.268 e. The average molecular weight is 294 g/mol. The highest BCUT2D eigenvalue weighted by atomic mass is 16.1. The molecule has 0 aromatic carbocycles. The lowest BCUT2D eigenvalue weighted by molar-refractivity contribution is 0.148. The predicted molar refractivity (Wildman–Crippen MR) is 84.8 cm³/mol. The lowest BCUT2D eigenvalue weighted by atomic mass is 10.3. The standard InChI is InChI=1S/C14H26N6O/c1-17-5-7-19(8-6-17)9-10-20-14(21)11-13(12-16-20)18(2)4-3-15/h11-12H,3-10,15H2,1-2H3. The van der Waals surface area contributed by atoms with Crippen molar-refractivity contribution in [3.05, 3.63) is 22.6 Å². The SMILES string of the molecule is CN1CCN(CCn2ncc(N(C)CCN)cc2=O)CC1. The molecular weight excluding hydrogens is 268 g/mol. The summed E-state index contributed by atoms with van der Waals surface area (Å²) in [5.41, 5.74) is 6.29. The zero-order valence-electron chi connectivity index (χ0n) is 13.0. The van der Waals surface area contributed by atoms with Gasteiger partial charge < -0.3 is 15.5 Å². The van der Waals surface area contributed by atoms with Gasteiger partial charge in [0.05, 0.1) is 18.4 Å². The second-order valence-electron chi connectivity index (χ2n) is 5.63. The van der Waals surface area contributed by atoms with E-state index in [0.717, 1.165) is 38.4 Å². The van der Waals surface area contributed by atoms with E-state index in [4.69, 9.17) is 5.73 Å². The molecule has 1 saturated heterocycles. The minimum Gasteiger partial charge on any atom is -0.372 e. The van der Waals surface area contributed by atoms with E-state index in [-0.39, 0.29) is 5.56 Å². The summed E-state index contributed by atoms with van der Waals surface area (Å²) < 4.78 is 1.54. The molecule has 1 aliphatic rings. The largest absolute Gasteiger partial charge is 0.372 e. The summed E-state index contributed by atoms with van der Waals surface area (Å²) >= 11 is 0. The van der Waals surface area contributed by atoms with Crippen LogP contribution < -0.4 is 16.2 Å². The molecular formula is C14H26N6O. The van der Waals surface area contributed by atoms with Crippen LogP contribution in [-0.2, 0) is 6.54 Å². The third-order valence-electron chi connectivity index (χ3n) is 3.98. The lowest BCUT2D eigenvalue weighted by Crippen LogP contribution is -2.46. The number of aromatic nitrogens is 2. The summed E-state index contributed by atoms with van der Waals surface area (Å²) in [5, 5.41) is 4.27. The molecule has 0 aliphatic carbocycles. The van der Waals surface area contributed by atoms with E-state index in [9.17, 15) is 4.79 Å². The van der Waals surface area contributed by atoms with Crippen molar-refractivity contribution in [2.75, 3.05) is 64.8 Å². The summed E-state index contributed by atoms with van der Waals surface area (Å²) in [6.45, 7) is 7.08. The number of nitrogens with two attached hydrogens (primary N) is 1. The molecule has 0 amide bonds. The van der Waals surface area contributed by atoms with Crippen molar-refractivity contribution < 1.29 is 0 Å². The van der Waals surface area contributed by atoms with Crippen molar-refractivity contribution in [1.29, 1.82) is 0 Å². The van der Waals surface area contributed by atoms with E-state index in [1.165, 1.54) is 4.68 Å². The molecule has 7 heteroatoms. The monoisotopic (exact) mass is 294 g/mol. The lowest BCUT2D eigenvalue weighted by Gasteiger charge is -2.32. The number of piperazine rings is 1. The van der Waals surface area contributed by atoms with Gasteiger partial charge in [-0.25, -0.2) is 4.68 Å². The summed E-state index contributed by atoms with van der Waals surface area (Å²) in [4.78, 5) is 18.7. The number of anilines is 1. The summed E-state index contributed by atoms with van der Waals surface area (Å²) in [6, 6.07) is 1.63. The topological polar surface area (TPSA) is 70.6 Å². The normalized spacial score (nSPS) is 17.1. The van der Waals surface area contributed by atoms with E-state index in [0.29, 0.717) is 19.6 Å². The highest BCUT2D eigenvalue weighted by molar-refractivity contribution is 5.41. The molecule has 0 bridgehead atoms. The Morgan fingerprint density at radius 1 is 1.29 bits per heavy atom. The van der Waals surface area contributed by atoms with Gasteiger partial charge in [0, 0.05) is 58.9 Å². The second-order valence-corrected chi connectivity index (χ2v) is 5.63. The molecule has 7 nitrogen and oxygen atoms in total. The molecule has 1 fully saturated rings. The number of nitrogens with zero attached hydrogens (tertiary/aromatic N) is 5. The van der Waals surface area contributed by atoms with Crippen molar-refractivity contribution in [2.24, 2.45) is 5.73 Å². The Bertz CT molecular complexity index is 494. The van der Waals surface area contributed by atoms with Crippen LogP contribution in [0.25, 0.3) is 0 Å². The minimum absolute atomic E-state index is 0.0505. The summed E-state index contributed by atoms with van der Waals surface area (Å²) in [5.74, 6) is 0. The van der Waals surface area contributed by atoms with Crippen molar-refractivity contribution in [1.82, 2.24) is 19.6 Å². The first kappa shape index (κ1) is 15.9. The van der Waals surface area contributed by atoms with Crippen LogP contribution in [0.15, 0.2) is 17.1 Å². The van der Waals surface area contributed by atoms with Crippen LogP contribution >= 0.6 is 0 Å². The molecule has 0 saturated carbocycles. The summed E-state index contributed by atoms with van der Waals surface area (Å²) in [6.07, 6.45) is 1.74. The molecule has 0 radical (unpaired) electrons. The third kappa shape index (κ3) is 4.52. The van der Waals surface area contributed by atoms with Crippen molar-refractivity contribution in [3.8, 4) is 0 Å². The Kier molecular flexibility index (Phi) is 5.72. The van der Waals surface area contributed by atoms with E-state index in [1.807, 2.05) is 11.9 Å². The average Bonchev–Trinajstić information content (AvgIpc) is 2.48. The van der Waals surface area contributed by atoms with Crippen LogP contribution in [0.1, 0.15) is 0 Å². The molecule has 0 spiro atoms. The van der Waals surface area contributed by atoms with E-state index < -0.39 is 0 Å². The number of hydrogen-bond donors (Lipinski definition) is 1. The van der Waals surface area contributed by atoms with Gasteiger partial charge in [0.1, 0.15) is 0 Å². The molecule has 21 heavy (non-hydrogen) atoms. The molecule has 0 atom stereocenters. The molecule has 118 valence electrons. The van der Waals surface area contributed by atoms with E-state index in [2.05, 4.69) is 21.9 Å².